The highest BCUT2D eigenvalue weighted by atomic mass is 35.5. The van der Waals surface area contributed by atoms with E-state index < -0.39 is 5.97 Å². The third kappa shape index (κ3) is 4.13. The molecule has 0 radical (unpaired) electrons. The monoisotopic (exact) mass is 339 g/mol. The van der Waals surface area contributed by atoms with Crippen LogP contribution in [-0.2, 0) is 11.3 Å². The molecule has 22 heavy (non-hydrogen) atoms. The lowest BCUT2D eigenvalue weighted by molar-refractivity contribution is -0.116. The Labute approximate surface area is 136 Å². The van der Waals surface area contributed by atoms with Gasteiger partial charge in [0.1, 0.15) is 5.76 Å². The van der Waals surface area contributed by atoms with E-state index in [1.54, 1.807) is 12.1 Å². The average Bonchev–Trinajstić information content (AvgIpc) is 2.95. The summed E-state index contributed by atoms with van der Waals surface area (Å²) in [6, 6.07) is 6.33. The third-order valence-electron chi connectivity index (χ3n) is 2.72. The first-order valence-corrected chi connectivity index (χ1v) is 6.93. The Morgan fingerprint density at radius 3 is 2.50 bits per heavy atom. The van der Waals surface area contributed by atoms with Gasteiger partial charge in [-0.15, -0.1) is 0 Å². The number of rotatable bonds is 5. The van der Waals surface area contributed by atoms with Crippen LogP contribution < -0.4 is 5.32 Å². The highest BCUT2D eigenvalue weighted by Crippen LogP contribution is 2.26. The molecule has 1 heterocycles. The van der Waals surface area contributed by atoms with Crippen LogP contribution in [0.3, 0.4) is 0 Å². The van der Waals surface area contributed by atoms with Crippen molar-refractivity contribution in [2.45, 2.75) is 6.54 Å². The second-order valence-corrected chi connectivity index (χ2v) is 5.12. The van der Waals surface area contributed by atoms with E-state index in [0.29, 0.717) is 11.3 Å². The molecule has 2 aromatic rings. The van der Waals surface area contributed by atoms with E-state index in [-0.39, 0.29) is 28.1 Å². The van der Waals surface area contributed by atoms with Gasteiger partial charge in [-0.05, 0) is 35.9 Å². The fourth-order valence-corrected chi connectivity index (χ4v) is 2.42. The zero-order chi connectivity index (χ0) is 16.1. The number of carbonyl (C=O) groups is 2. The topological polar surface area (TPSA) is 79.5 Å². The third-order valence-corrected chi connectivity index (χ3v) is 3.32. The molecule has 0 atom stereocenters. The zero-order valence-corrected chi connectivity index (χ0v) is 12.7. The maximum absolute atomic E-state index is 11.7. The quantitative estimate of drug-likeness (QED) is 0.815. The minimum Gasteiger partial charge on any atom is -0.478 e. The summed E-state index contributed by atoms with van der Waals surface area (Å²) in [7, 11) is 0. The predicted molar refractivity (Wildman–Crippen MR) is 83.0 cm³/mol. The van der Waals surface area contributed by atoms with Crippen molar-refractivity contribution >= 4 is 41.2 Å². The molecule has 1 amide bonds. The Balaban J connectivity index is 2.00. The van der Waals surface area contributed by atoms with Gasteiger partial charge in [-0.2, -0.15) is 0 Å². The number of halogens is 2. The molecule has 1 aromatic carbocycles. The van der Waals surface area contributed by atoms with E-state index in [0.717, 1.165) is 0 Å². The van der Waals surface area contributed by atoms with Gasteiger partial charge >= 0.3 is 5.97 Å². The Kier molecular flexibility index (Phi) is 5.25. The summed E-state index contributed by atoms with van der Waals surface area (Å²) in [5, 5.41) is 11.6. The van der Waals surface area contributed by atoms with Gasteiger partial charge < -0.3 is 14.8 Å². The van der Waals surface area contributed by atoms with Crippen LogP contribution in [0.15, 0.2) is 41.0 Å². The van der Waals surface area contributed by atoms with E-state index in [1.165, 1.54) is 30.5 Å². The normalized spacial score (nSPS) is 10.8. The first-order valence-electron chi connectivity index (χ1n) is 6.18. The van der Waals surface area contributed by atoms with Gasteiger partial charge in [-0.3, -0.25) is 4.79 Å². The number of hydrogen-bond donors (Lipinski definition) is 2. The van der Waals surface area contributed by atoms with Crippen LogP contribution in [0.4, 0.5) is 0 Å². The fourth-order valence-electron chi connectivity index (χ4n) is 1.72. The molecule has 0 aliphatic carbocycles. The molecule has 0 aliphatic heterocycles. The van der Waals surface area contributed by atoms with Crippen molar-refractivity contribution < 1.29 is 19.1 Å². The molecule has 7 heteroatoms. The molecule has 0 unspecified atom stereocenters. The van der Waals surface area contributed by atoms with Crippen molar-refractivity contribution in [1.82, 2.24) is 5.32 Å². The van der Waals surface area contributed by atoms with Gasteiger partial charge in [-0.1, -0.05) is 23.2 Å². The van der Waals surface area contributed by atoms with E-state index in [9.17, 15) is 9.59 Å². The first kappa shape index (κ1) is 16.1. The molecular weight excluding hydrogens is 329 g/mol. The lowest BCUT2D eigenvalue weighted by Crippen LogP contribution is -2.20. The standard InChI is InChI=1S/C15H11Cl2NO4/c16-11-6-9(7-12(17)14(11)15(20)21)8-18-13(19)4-3-10-2-1-5-22-10/h1-7H,8H2,(H,18,19)(H,20,21)/b4-3+. The second-order valence-electron chi connectivity index (χ2n) is 4.31. The van der Waals surface area contributed by atoms with Crippen molar-refractivity contribution in [3.8, 4) is 0 Å². The van der Waals surface area contributed by atoms with Crippen molar-refractivity contribution in [3.05, 3.63) is 63.5 Å². The number of furan rings is 1. The Bertz CT molecular complexity index is 700. The molecule has 5 nitrogen and oxygen atoms in total. The summed E-state index contributed by atoms with van der Waals surface area (Å²) in [6.45, 7) is 0.167. The molecule has 0 spiro atoms. The number of nitrogens with one attached hydrogen (secondary N) is 1. The largest absolute Gasteiger partial charge is 0.478 e. The maximum Gasteiger partial charge on any atom is 0.338 e. The van der Waals surface area contributed by atoms with E-state index in [2.05, 4.69) is 5.32 Å². The Hall–Kier alpha value is -2.24. The smallest absolute Gasteiger partial charge is 0.338 e. The van der Waals surface area contributed by atoms with Gasteiger partial charge in [-0.25, -0.2) is 4.79 Å². The maximum atomic E-state index is 11.7. The number of benzene rings is 1. The summed E-state index contributed by atoms with van der Waals surface area (Å²) < 4.78 is 5.06. The molecule has 0 fully saturated rings. The van der Waals surface area contributed by atoms with Crippen LogP contribution in [0.5, 0.6) is 0 Å². The average molecular weight is 340 g/mol. The van der Waals surface area contributed by atoms with E-state index in [1.807, 2.05) is 0 Å². The molecular formula is C15H11Cl2NO4. The van der Waals surface area contributed by atoms with Gasteiger partial charge in [0.05, 0.1) is 21.9 Å². The number of carboxylic acid groups (broad SMARTS) is 1. The number of carboxylic acids is 1. The van der Waals surface area contributed by atoms with Crippen molar-refractivity contribution in [2.24, 2.45) is 0 Å². The van der Waals surface area contributed by atoms with Crippen LogP contribution in [0.1, 0.15) is 21.7 Å². The van der Waals surface area contributed by atoms with Crippen LogP contribution in [0, 0.1) is 0 Å². The van der Waals surface area contributed by atoms with Crippen molar-refractivity contribution in [2.75, 3.05) is 0 Å². The summed E-state index contributed by atoms with van der Waals surface area (Å²) in [4.78, 5) is 22.6. The minimum atomic E-state index is -1.20. The SMILES string of the molecule is O=C(/C=C/c1ccco1)NCc1cc(Cl)c(C(=O)O)c(Cl)c1. The Morgan fingerprint density at radius 1 is 1.27 bits per heavy atom. The summed E-state index contributed by atoms with van der Waals surface area (Å²) in [5.41, 5.74) is 0.441. The first-order chi connectivity index (χ1) is 10.5. The lowest BCUT2D eigenvalue weighted by Gasteiger charge is -2.07. The zero-order valence-electron chi connectivity index (χ0n) is 11.2. The second kappa shape index (κ2) is 7.15. The number of amides is 1. The number of aromatic carboxylic acids is 1. The van der Waals surface area contributed by atoms with E-state index in [4.69, 9.17) is 32.7 Å². The number of carbonyl (C=O) groups excluding carboxylic acids is 1. The fraction of sp³-hybridized carbons (Fsp3) is 0.0667. The van der Waals surface area contributed by atoms with Gasteiger partial charge in [0, 0.05) is 12.6 Å². The van der Waals surface area contributed by atoms with Gasteiger partial charge in [0.15, 0.2) is 0 Å². The molecule has 2 rings (SSSR count). The molecule has 1 aromatic heterocycles. The minimum absolute atomic E-state index is 0.0235. The predicted octanol–water partition coefficient (Wildman–Crippen LogP) is 3.61. The van der Waals surface area contributed by atoms with E-state index >= 15 is 0 Å². The van der Waals surface area contributed by atoms with Crippen LogP contribution >= 0.6 is 23.2 Å². The molecule has 0 aliphatic rings. The van der Waals surface area contributed by atoms with Gasteiger partial charge in [0.2, 0.25) is 5.91 Å². The molecule has 0 bridgehead atoms. The molecule has 0 saturated heterocycles. The summed E-state index contributed by atoms with van der Waals surface area (Å²) >= 11 is 11.7. The van der Waals surface area contributed by atoms with Crippen LogP contribution in [-0.4, -0.2) is 17.0 Å². The summed E-state index contributed by atoms with van der Waals surface area (Å²) in [5.74, 6) is -0.968. The molecule has 0 saturated carbocycles. The lowest BCUT2D eigenvalue weighted by atomic mass is 10.1. The number of hydrogen-bond acceptors (Lipinski definition) is 3. The van der Waals surface area contributed by atoms with Crippen LogP contribution in [0.2, 0.25) is 10.0 Å². The molecule has 114 valence electrons. The van der Waals surface area contributed by atoms with Crippen LogP contribution in [0.25, 0.3) is 6.08 Å². The highest BCUT2D eigenvalue weighted by molar-refractivity contribution is 6.39. The Morgan fingerprint density at radius 2 is 1.95 bits per heavy atom. The highest BCUT2D eigenvalue weighted by Gasteiger charge is 2.14. The molecule has 2 N–H and O–H groups in total. The van der Waals surface area contributed by atoms with Crippen molar-refractivity contribution in [1.29, 1.82) is 0 Å². The summed E-state index contributed by atoms with van der Waals surface area (Å²) in [6.07, 6.45) is 4.36. The van der Waals surface area contributed by atoms with Gasteiger partial charge in [0.25, 0.3) is 0 Å². The van der Waals surface area contributed by atoms with Crippen molar-refractivity contribution in [3.63, 3.8) is 0 Å².